The Morgan fingerprint density at radius 1 is 0.955 bits per heavy atom. The summed E-state index contributed by atoms with van der Waals surface area (Å²) >= 11 is 0. The summed E-state index contributed by atoms with van der Waals surface area (Å²) in [6.45, 7) is 2.11. The predicted octanol–water partition coefficient (Wildman–Crippen LogP) is 3.32. The zero-order valence-corrected chi connectivity index (χ0v) is 13.0. The second-order valence-corrected chi connectivity index (χ2v) is 6.91. The van der Waals surface area contributed by atoms with Crippen LogP contribution in [0.1, 0.15) is 18.1 Å². The molecule has 118 valence electrons. The number of hydrogen-bond acceptors (Lipinski definition) is 2. The Kier molecular flexibility index (Phi) is 5.26. The van der Waals surface area contributed by atoms with Gasteiger partial charge in [-0.25, -0.2) is 17.2 Å². The number of rotatable bonds is 6. The summed E-state index contributed by atoms with van der Waals surface area (Å²) in [5.74, 6) is -1.02. The lowest BCUT2D eigenvalue weighted by Crippen LogP contribution is -2.31. The van der Waals surface area contributed by atoms with E-state index in [1.165, 1.54) is 40.7 Å². The number of hydrogen-bond donors (Lipinski definition) is 0. The molecule has 0 saturated carbocycles. The Morgan fingerprint density at radius 3 is 2.23 bits per heavy atom. The Balaban J connectivity index is 2.16. The summed E-state index contributed by atoms with van der Waals surface area (Å²) in [5.41, 5.74) is 1.10. The van der Waals surface area contributed by atoms with E-state index >= 15 is 0 Å². The molecule has 0 aliphatic carbocycles. The minimum absolute atomic E-state index is 0.109. The summed E-state index contributed by atoms with van der Waals surface area (Å²) in [6.07, 6.45) is 0. The fourth-order valence-corrected chi connectivity index (χ4v) is 3.66. The highest BCUT2D eigenvalue weighted by molar-refractivity contribution is 7.88. The molecule has 0 aromatic heterocycles. The Morgan fingerprint density at radius 2 is 1.64 bits per heavy atom. The van der Waals surface area contributed by atoms with E-state index in [1.54, 1.807) is 19.1 Å². The Labute approximate surface area is 129 Å². The predicted molar refractivity (Wildman–Crippen MR) is 81.5 cm³/mol. The van der Waals surface area contributed by atoms with Gasteiger partial charge in [-0.2, -0.15) is 4.31 Å². The van der Waals surface area contributed by atoms with Crippen LogP contribution in [-0.4, -0.2) is 19.3 Å². The average Bonchev–Trinajstić information content (AvgIpc) is 2.47. The Hall–Kier alpha value is -1.79. The molecule has 0 aliphatic rings. The highest BCUT2D eigenvalue weighted by atomic mass is 32.2. The minimum atomic E-state index is -3.56. The van der Waals surface area contributed by atoms with Crippen molar-refractivity contribution in [2.24, 2.45) is 0 Å². The van der Waals surface area contributed by atoms with E-state index in [1.807, 2.05) is 0 Å². The van der Waals surface area contributed by atoms with E-state index in [0.717, 1.165) is 0 Å². The van der Waals surface area contributed by atoms with Crippen molar-refractivity contribution in [3.63, 3.8) is 0 Å². The third-order valence-electron chi connectivity index (χ3n) is 3.26. The van der Waals surface area contributed by atoms with Crippen molar-refractivity contribution in [2.75, 3.05) is 6.54 Å². The lowest BCUT2D eigenvalue weighted by molar-refractivity contribution is 0.421. The van der Waals surface area contributed by atoms with Gasteiger partial charge in [0, 0.05) is 13.1 Å². The highest BCUT2D eigenvalue weighted by Crippen LogP contribution is 2.15. The van der Waals surface area contributed by atoms with Gasteiger partial charge in [0.25, 0.3) is 0 Å². The van der Waals surface area contributed by atoms with Crippen molar-refractivity contribution in [1.29, 1.82) is 0 Å². The first-order chi connectivity index (χ1) is 10.4. The number of halogens is 2. The summed E-state index contributed by atoms with van der Waals surface area (Å²) in [7, 11) is -3.56. The van der Waals surface area contributed by atoms with Crippen LogP contribution >= 0.6 is 0 Å². The van der Waals surface area contributed by atoms with Crippen LogP contribution in [0.25, 0.3) is 0 Å². The Bertz CT molecular complexity index is 730. The van der Waals surface area contributed by atoms with E-state index in [0.29, 0.717) is 11.1 Å². The minimum Gasteiger partial charge on any atom is -0.212 e. The lowest BCUT2D eigenvalue weighted by Gasteiger charge is -2.20. The molecule has 0 unspecified atom stereocenters. The van der Waals surface area contributed by atoms with Crippen molar-refractivity contribution in [3.05, 3.63) is 71.3 Å². The van der Waals surface area contributed by atoms with E-state index in [4.69, 9.17) is 0 Å². The van der Waals surface area contributed by atoms with Gasteiger partial charge in [-0.05, 0) is 35.4 Å². The molecule has 0 spiro atoms. The molecule has 0 atom stereocenters. The van der Waals surface area contributed by atoms with Crippen LogP contribution in [-0.2, 0) is 22.3 Å². The van der Waals surface area contributed by atoms with Crippen LogP contribution in [0.4, 0.5) is 8.78 Å². The van der Waals surface area contributed by atoms with Gasteiger partial charge in [0.1, 0.15) is 11.6 Å². The molecule has 22 heavy (non-hydrogen) atoms. The molecular formula is C16H17F2NO2S. The van der Waals surface area contributed by atoms with Crippen LogP contribution in [0.3, 0.4) is 0 Å². The summed E-state index contributed by atoms with van der Waals surface area (Å²) in [4.78, 5) is 0. The quantitative estimate of drug-likeness (QED) is 0.817. The molecule has 2 aromatic rings. The summed E-state index contributed by atoms with van der Waals surface area (Å²) in [5, 5.41) is 0. The van der Waals surface area contributed by atoms with Gasteiger partial charge in [0.15, 0.2) is 0 Å². The third-order valence-corrected chi connectivity index (χ3v) is 5.13. The van der Waals surface area contributed by atoms with E-state index < -0.39 is 21.7 Å². The molecule has 2 rings (SSSR count). The summed E-state index contributed by atoms with van der Waals surface area (Å²) in [6, 6.07) is 11.2. The van der Waals surface area contributed by atoms with Crippen molar-refractivity contribution in [1.82, 2.24) is 4.31 Å². The molecule has 3 nitrogen and oxygen atoms in total. The van der Waals surface area contributed by atoms with Crippen LogP contribution in [0.15, 0.2) is 48.5 Å². The fourth-order valence-electron chi connectivity index (χ4n) is 2.13. The molecule has 0 radical (unpaired) electrons. The maximum absolute atomic E-state index is 13.2. The number of benzene rings is 2. The van der Waals surface area contributed by atoms with Crippen LogP contribution < -0.4 is 0 Å². The normalized spacial score (nSPS) is 11.8. The second kappa shape index (κ2) is 6.98. The van der Waals surface area contributed by atoms with Gasteiger partial charge in [-0.15, -0.1) is 0 Å². The molecule has 0 amide bonds. The largest absolute Gasteiger partial charge is 0.218 e. The van der Waals surface area contributed by atoms with E-state index in [2.05, 4.69) is 0 Å². The van der Waals surface area contributed by atoms with Gasteiger partial charge in [0.05, 0.1) is 5.75 Å². The van der Waals surface area contributed by atoms with Crippen molar-refractivity contribution >= 4 is 10.0 Å². The number of nitrogens with zero attached hydrogens (tertiary/aromatic N) is 1. The highest BCUT2D eigenvalue weighted by Gasteiger charge is 2.21. The number of sulfonamides is 1. The molecule has 2 aromatic carbocycles. The molecule has 0 N–H and O–H groups in total. The zero-order chi connectivity index (χ0) is 16.2. The van der Waals surface area contributed by atoms with Gasteiger partial charge >= 0.3 is 0 Å². The van der Waals surface area contributed by atoms with Gasteiger partial charge < -0.3 is 0 Å². The van der Waals surface area contributed by atoms with Crippen LogP contribution in [0.5, 0.6) is 0 Å². The SMILES string of the molecule is CCN(Cc1cccc(F)c1)S(=O)(=O)Cc1ccc(F)cc1. The maximum Gasteiger partial charge on any atom is 0.218 e. The first kappa shape index (κ1) is 16.6. The average molecular weight is 325 g/mol. The lowest BCUT2D eigenvalue weighted by atomic mass is 10.2. The fraction of sp³-hybridized carbons (Fsp3) is 0.250. The molecule has 0 saturated heterocycles. The zero-order valence-electron chi connectivity index (χ0n) is 12.2. The topological polar surface area (TPSA) is 37.4 Å². The standard InChI is InChI=1S/C16H17F2NO2S/c1-2-19(11-14-4-3-5-16(18)10-14)22(20,21)12-13-6-8-15(17)9-7-13/h3-10H,2,11-12H2,1H3. The monoisotopic (exact) mass is 325 g/mol. The molecular weight excluding hydrogens is 308 g/mol. The molecule has 0 aliphatic heterocycles. The van der Waals surface area contributed by atoms with Crippen molar-refractivity contribution in [2.45, 2.75) is 19.2 Å². The van der Waals surface area contributed by atoms with Crippen molar-refractivity contribution < 1.29 is 17.2 Å². The van der Waals surface area contributed by atoms with Crippen LogP contribution in [0.2, 0.25) is 0 Å². The second-order valence-electron chi connectivity index (χ2n) is 4.94. The van der Waals surface area contributed by atoms with E-state index in [9.17, 15) is 17.2 Å². The molecule has 0 bridgehead atoms. The van der Waals surface area contributed by atoms with Gasteiger partial charge in [-0.1, -0.05) is 31.2 Å². The van der Waals surface area contributed by atoms with Gasteiger partial charge in [-0.3, -0.25) is 0 Å². The maximum atomic E-state index is 13.2. The first-order valence-electron chi connectivity index (χ1n) is 6.87. The molecule has 0 fully saturated rings. The van der Waals surface area contributed by atoms with E-state index in [-0.39, 0.29) is 18.8 Å². The third kappa shape index (κ3) is 4.35. The van der Waals surface area contributed by atoms with Crippen LogP contribution in [0, 0.1) is 11.6 Å². The summed E-state index contributed by atoms with van der Waals surface area (Å²) < 4.78 is 52.2. The first-order valence-corrected chi connectivity index (χ1v) is 8.48. The van der Waals surface area contributed by atoms with Gasteiger partial charge in [0.2, 0.25) is 10.0 Å². The molecule has 6 heteroatoms. The van der Waals surface area contributed by atoms with Crippen molar-refractivity contribution in [3.8, 4) is 0 Å². The smallest absolute Gasteiger partial charge is 0.212 e. The molecule has 0 heterocycles.